The van der Waals surface area contributed by atoms with Gasteiger partial charge in [-0.3, -0.25) is 0 Å². The van der Waals surface area contributed by atoms with Crippen molar-refractivity contribution in [1.82, 2.24) is 0 Å². The van der Waals surface area contributed by atoms with Gasteiger partial charge >= 0.3 is 8.08 Å². The summed E-state index contributed by atoms with van der Waals surface area (Å²) < 4.78 is 12.6. The first-order valence-electron chi connectivity index (χ1n) is 6.32. The topological polar surface area (TPSA) is 18.5 Å². The third kappa shape index (κ3) is 2.25. The summed E-state index contributed by atoms with van der Waals surface area (Å²) in [5.74, 6) is 0. The molecule has 1 aliphatic rings. The molecule has 16 heavy (non-hydrogen) atoms. The summed E-state index contributed by atoms with van der Waals surface area (Å²) in [6, 6.07) is 1.29. The Morgan fingerprint density at radius 1 is 1.12 bits per heavy atom. The van der Waals surface area contributed by atoms with Crippen LogP contribution < -0.4 is 0 Å². The van der Waals surface area contributed by atoms with E-state index in [-0.39, 0.29) is 5.60 Å². The third-order valence-corrected chi connectivity index (χ3v) is 42.2. The molecule has 96 valence electrons. The van der Waals surface area contributed by atoms with E-state index in [4.69, 9.17) is 8.85 Å². The second-order valence-electron chi connectivity index (χ2n) is 6.93. The Hall–Kier alpha value is 0.571. The van der Waals surface area contributed by atoms with Crippen molar-refractivity contribution in [2.24, 2.45) is 0 Å². The monoisotopic (exact) mass is 276 g/mol. The van der Waals surface area contributed by atoms with Crippen LogP contribution in [0, 0.1) is 0 Å². The molecule has 0 aromatic rings. The smallest absolute Gasteiger partial charge is 0.310 e. The molecule has 0 saturated carbocycles. The highest BCUT2D eigenvalue weighted by Crippen LogP contribution is 2.44. The molecule has 1 heterocycles. The van der Waals surface area contributed by atoms with Gasteiger partial charge in [0, 0.05) is 14.2 Å². The first kappa shape index (κ1) is 14.6. The van der Waals surface area contributed by atoms with Crippen LogP contribution in [0.25, 0.3) is 0 Å². The fraction of sp³-hybridized carbons (Fsp3) is 1.00. The quantitative estimate of drug-likeness (QED) is 0.719. The van der Waals surface area contributed by atoms with Gasteiger partial charge in [0.15, 0.2) is 0 Å². The molecule has 1 unspecified atom stereocenters. The standard InChI is InChI=1S/C11H28O2Si3/c1-9-12-16(8)13-11(2,3)10-14(4,5)15(16,6)7/h9-10H2,1-8H3. The van der Waals surface area contributed by atoms with Crippen LogP contribution in [0.2, 0.25) is 38.8 Å². The zero-order valence-corrected chi connectivity index (χ0v) is 15.2. The van der Waals surface area contributed by atoms with Crippen molar-refractivity contribution in [3.63, 3.8) is 0 Å². The molecule has 1 rings (SSSR count). The third-order valence-electron chi connectivity index (χ3n) is 4.59. The van der Waals surface area contributed by atoms with Gasteiger partial charge in [-0.15, -0.1) is 0 Å². The molecule has 0 bridgehead atoms. The SMILES string of the molecule is CCO[Si]1(C)OC(C)(C)C[Si](C)(C)[Si]1(C)C. The van der Waals surface area contributed by atoms with Gasteiger partial charge in [-0.05, 0) is 33.4 Å². The minimum Gasteiger partial charge on any atom is -0.397 e. The van der Waals surface area contributed by atoms with Crippen LogP contribution in [0.4, 0.5) is 0 Å². The lowest BCUT2D eigenvalue weighted by molar-refractivity contribution is 0.0748. The summed E-state index contributed by atoms with van der Waals surface area (Å²) in [7, 11) is -4.46. The fourth-order valence-electron chi connectivity index (χ4n) is 3.08. The molecule has 5 heteroatoms. The van der Waals surface area contributed by atoms with E-state index < -0.39 is 22.8 Å². The van der Waals surface area contributed by atoms with E-state index >= 15 is 0 Å². The van der Waals surface area contributed by atoms with E-state index in [1.54, 1.807) is 0 Å². The molecule has 0 amide bonds. The predicted octanol–water partition coefficient (Wildman–Crippen LogP) is 3.48. The van der Waals surface area contributed by atoms with Crippen LogP contribution in [0.3, 0.4) is 0 Å². The molecule has 1 fully saturated rings. The summed E-state index contributed by atoms with van der Waals surface area (Å²) >= 11 is 0. The summed E-state index contributed by atoms with van der Waals surface area (Å²) in [4.78, 5) is 0. The van der Waals surface area contributed by atoms with Crippen molar-refractivity contribution in [1.29, 1.82) is 0 Å². The van der Waals surface area contributed by atoms with Crippen molar-refractivity contribution < 1.29 is 8.85 Å². The van der Waals surface area contributed by atoms with E-state index in [1.165, 1.54) is 6.04 Å². The fourth-order valence-corrected chi connectivity index (χ4v) is 31.8. The summed E-state index contributed by atoms with van der Waals surface area (Å²) in [6.07, 6.45) is 0. The van der Waals surface area contributed by atoms with Crippen LogP contribution in [0.5, 0.6) is 0 Å². The maximum absolute atomic E-state index is 6.47. The average Bonchev–Trinajstić information content (AvgIpc) is 1.97. The molecule has 0 aliphatic carbocycles. The molecule has 1 atom stereocenters. The largest absolute Gasteiger partial charge is 0.397 e. The van der Waals surface area contributed by atoms with Gasteiger partial charge in [0.2, 0.25) is 0 Å². The molecule has 0 radical (unpaired) electrons. The molecule has 0 aromatic heterocycles. The summed E-state index contributed by atoms with van der Waals surface area (Å²) in [5.41, 5.74) is 0.0361. The minimum atomic E-state index is -1.93. The Bertz CT molecular complexity index is 276. The molecule has 0 aromatic carbocycles. The number of rotatable bonds is 2. The van der Waals surface area contributed by atoms with Gasteiger partial charge in [-0.25, -0.2) is 0 Å². The Kier molecular flexibility index (Phi) is 3.70. The second kappa shape index (κ2) is 4.05. The van der Waals surface area contributed by atoms with Crippen LogP contribution in [-0.2, 0) is 8.85 Å². The molecule has 2 nitrogen and oxygen atoms in total. The minimum absolute atomic E-state index is 0.0361. The normalized spacial score (nSPS) is 36.0. The van der Waals surface area contributed by atoms with Gasteiger partial charge in [0.05, 0.1) is 5.60 Å². The Morgan fingerprint density at radius 3 is 2.06 bits per heavy atom. The van der Waals surface area contributed by atoms with Crippen molar-refractivity contribution in [3.8, 4) is 0 Å². The zero-order chi connectivity index (χ0) is 12.8. The average molecular weight is 277 g/mol. The van der Waals surface area contributed by atoms with Crippen LogP contribution in [0.1, 0.15) is 20.8 Å². The Balaban J connectivity index is 3.15. The first-order valence-corrected chi connectivity index (χ1v) is 16.8. The number of hydrogen-bond acceptors (Lipinski definition) is 2. The van der Waals surface area contributed by atoms with Crippen LogP contribution in [-0.4, -0.2) is 35.0 Å². The zero-order valence-electron chi connectivity index (χ0n) is 12.2. The molecular formula is C11H28O2Si3. The van der Waals surface area contributed by atoms with Crippen molar-refractivity contribution in [2.45, 2.75) is 65.2 Å². The highest BCUT2D eigenvalue weighted by Gasteiger charge is 2.64. The van der Waals surface area contributed by atoms with Crippen molar-refractivity contribution in [2.75, 3.05) is 6.61 Å². The van der Waals surface area contributed by atoms with Gasteiger partial charge in [0.25, 0.3) is 0 Å². The Labute approximate surface area is 104 Å². The van der Waals surface area contributed by atoms with E-state index in [0.29, 0.717) is 0 Å². The highest BCUT2D eigenvalue weighted by atomic mass is 29.7. The van der Waals surface area contributed by atoms with Gasteiger partial charge < -0.3 is 8.85 Å². The maximum Gasteiger partial charge on any atom is 0.310 e. The highest BCUT2D eigenvalue weighted by molar-refractivity contribution is 7.66. The lowest BCUT2D eigenvalue weighted by atomic mass is 10.2. The van der Waals surface area contributed by atoms with E-state index in [1.807, 2.05) is 0 Å². The van der Waals surface area contributed by atoms with Crippen LogP contribution >= 0.6 is 0 Å². The molecule has 0 spiro atoms. The summed E-state index contributed by atoms with van der Waals surface area (Å²) in [6.45, 7) is 19.8. The summed E-state index contributed by atoms with van der Waals surface area (Å²) in [5, 5.41) is 0. The first-order chi connectivity index (χ1) is 6.97. The van der Waals surface area contributed by atoms with Gasteiger partial charge in [0.1, 0.15) is 7.11 Å². The molecule has 1 aliphatic heterocycles. The molecule has 0 N–H and O–H groups in total. The molecular weight excluding hydrogens is 248 g/mol. The van der Waals surface area contributed by atoms with Crippen molar-refractivity contribution in [3.05, 3.63) is 0 Å². The number of hydrogen-bond donors (Lipinski definition) is 0. The van der Waals surface area contributed by atoms with Gasteiger partial charge in [-0.2, -0.15) is 0 Å². The second-order valence-corrected chi connectivity index (χ2v) is 32.5. The lowest BCUT2D eigenvalue weighted by Crippen LogP contribution is -2.79. The predicted molar refractivity (Wildman–Crippen MR) is 78.2 cm³/mol. The van der Waals surface area contributed by atoms with Crippen molar-refractivity contribution >= 4 is 22.8 Å². The molecule has 1 saturated heterocycles. The lowest BCUT2D eigenvalue weighted by Gasteiger charge is -2.57. The van der Waals surface area contributed by atoms with E-state index in [2.05, 4.69) is 53.5 Å². The van der Waals surface area contributed by atoms with Gasteiger partial charge in [-0.1, -0.05) is 26.2 Å². The maximum atomic E-state index is 6.47. The van der Waals surface area contributed by atoms with E-state index in [0.717, 1.165) is 6.61 Å². The van der Waals surface area contributed by atoms with E-state index in [9.17, 15) is 0 Å². The van der Waals surface area contributed by atoms with Crippen LogP contribution in [0.15, 0.2) is 0 Å². The Morgan fingerprint density at radius 2 is 1.62 bits per heavy atom.